The molecule has 2 aromatic carbocycles. The first-order valence-electron chi connectivity index (χ1n) is 6.74. The summed E-state index contributed by atoms with van der Waals surface area (Å²) in [6, 6.07) is 14.4. The summed E-state index contributed by atoms with van der Waals surface area (Å²) in [5, 5.41) is 4.31. The fraction of sp³-hybridized carbons (Fsp3) is 0.294. The number of nitrogens with one attached hydrogen (secondary N) is 1. The van der Waals surface area contributed by atoms with Crippen LogP contribution in [0, 0.1) is 6.92 Å². The standard InChI is InChI=1S/C17H20ClNO/c1-12-10-16(20-3)8-9-17(12)19-13(2)11-14-4-6-15(18)7-5-14/h4-10,13,19H,11H2,1-3H3. The number of hydrogen-bond donors (Lipinski definition) is 1. The van der Waals surface area contributed by atoms with Crippen molar-refractivity contribution in [3.8, 4) is 5.75 Å². The lowest BCUT2D eigenvalue weighted by Gasteiger charge is -2.17. The largest absolute Gasteiger partial charge is 0.497 e. The normalized spacial score (nSPS) is 12.0. The van der Waals surface area contributed by atoms with Gasteiger partial charge in [0, 0.05) is 16.8 Å². The summed E-state index contributed by atoms with van der Waals surface area (Å²) in [6.07, 6.45) is 0.961. The molecule has 20 heavy (non-hydrogen) atoms. The first-order valence-corrected chi connectivity index (χ1v) is 7.12. The summed E-state index contributed by atoms with van der Waals surface area (Å²) in [7, 11) is 1.69. The minimum Gasteiger partial charge on any atom is -0.497 e. The van der Waals surface area contributed by atoms with Crippen molar-refractivity contribution < 1.29 is 4.74 Å². The zero-order valence-electron chi connectivity index (χ0n) is 12.1. The zero-order chi connectivity index (χ0) is 14.5. The van der Waals surface area contributed by atoms with Gasteiger partial charge in [-0.05, 0) is 61.7 Å². The molecule has 1 N–H and O–H groups in total. The van der Waals surface area contributed by atoms with Gasteiger partial charge in [-0.1, -0.05) is 23.7 Å². The molecule has 0 aliphatic heterocycles. The maximum Gasteiger partial charge on any atom is 0.119 e. The van der Waals surface area contributed by atoms with Gasteiger partial charge in [-0.25, -0.2) is 0 Å². The first-order chi connectivity index (χ1) is 9.58. The molecule has 0 aliphatic carbocycles. The van der Waals surface area contributed by atoms with E-state index in [4.69, 9.17) is 16.3 Å². The van der Waals surface area contributed by atoms with E-state index in [0.29, 0.717) is 6.04 Å². The van der Waals surface area contributed by atoms with E-state index in [1.54, 1.807) is 7.11 Å². The summed E-state index contributed by atoms with van der Waals surface area (Å²) in [6.45, 7) is 4.26. The lowest BCUT2D eigenvalue weighted by molar-refractivity contribution is 0.414. The monoisotopic (exact) mass is 289 g/mol. The van der Waals surface area contributed by atoms with Crippen LogP contribution in [0.1, 0.15) is 18.1 Å². The van der Waals surface area contributed by atoms with Gasteiger partial charge < -0.3 is 10.1 Å². The van der Waals surface area contributed by atoms with E-state index in [9.17, 15) is 0 Å². The number of aryl methyl sites for hydroxylation is 1. The number of hydrogen-bond acceptors (Lipinski definition) is 2. The van der Waals surface area contributed by atoms with Crippen LogP contribution >= 0.6 is 11.6 Å². The van der Waals surface area contributed by atoms with Crippen LogP contribution in [-0.2, 0) is 6.42 Å². The van der Waals surface area contributed by atoms with Gasteiger partial charge in [-0.15, -0.1) is 0 Å². The van der Waals surface area contributed by atoms with Crippen LogP contribution in [-0.4, -0.2) is 13.2 Å². The van der Waals surface area contributed by atoms with E-state index in [1.807, 2.05) is 24.3 Å². The van der Waals surface area contributed by atoms with E-state index in [-0.39, 0.29) is 0 Å². The van der Waals surface area contributed by atoms with Crippen LogP contribution < -0.4 is 10.1 Å². The van der Waals surface area contributed by atoms with E-state index in [2.05, 4.69) is 37.4 Å². The number of ether oxygens (including phenoxy) is 1. The molecular formula is C17H20ClNO. The van der Waals surface area contributed by atoms with Crippen molar-refractivity contribution in [2.45, 2.75) is 26.3 Å². The number of halogens is 1. The Morgan fingerprint density at radius 3 is 2.45 bits per heavy atom. The molecule has 2 nitrogen and oxygen atoms in total. The van der Waals surface area contributed by atoms with Crippen LogP contribution in [0.4, 0.5) is 5.69 Å². The average molecular weight is 290 g/mol. The molecule has 0 heterocycles. The van der Waals surface area contributed by atoms with E-state index in [0.717, 1.165) is 22.9 Å². The molecule has 1 atom stereocenters. The van der Waals surface area contributed by atoms with Crippen LogP contribution in [0.2, 0.25) is 5.02 Å². The highest BCUT2D eigenvalue weighted by molar-refractivity contribution is 6.30. The molecule has 0 aromatic heterocycles. The van der Waals surface area contributed by atoms with Gasteiger partial charge in [-0.2, -0.15) is 0 Å². The van der Waals surface area contributed by atoms with Crippen molar-refractivity contribution in [1.82, 2.24) is 0 Å². The lowest BCUT2D eigenvalue weighted by Crippen LogP contribution is -2.18. The summed E-state index contributed by atoms with van der Waals surface area (Å²) in [5.74, 6) is 0.887. The smallest absolute Gasteiger partial charge is 0.119 e. The summed E-state index contributed by atoms with van der Waals surface area (Å²) in [5.41, 5.74) is 3.61. The minimum absolute atomic E-state index is 0.350. The van der Waals surface area contributed by atoms with Crippen LogP contribution in [0.15, 0.2) is 42.5 Å². The van der Waals surface area contributed by atoms with Gasteiger partial charge in [0.05, 0.1) is 7.11 Å². The molecular weight excluding hydrogens is 270 g/mol. The second-order valence-electron chi connectivity index (χ2n) is 5.06. The average Bonchev–Trinajstić information content (AvgIpc) is 2.43. The molecule has 0 aliphatic rings. The Balaban J connectivity index is 2.00. The van der Waals surface area contributed by atoms with Crippen LogP contribution in [0.25, 0.3) is 0 Å². The third kappa shape index (κ3) is 3.91. The minimum atomic E-state index is 0.350. The molecule has 0 saturated heterocycles. The van der Waals surface area contributed by atoms with Crippen molar-refractivity contribution in [2.75, 3.05) is 12.4 Å². The van der Waals surface area contributed by atoms with Gasteiger partial charge in [0.25, 0.3) is 0 Å². The second kappa shape index (κ2) is 6.67. The van der Waals surface area contributed by atoms with E-state index < -0.39 is 0 Å². The van der Waals surface area contributed by atoms with Crippen molar-refractivity contribution in [3.05, 3.63) is 58.6 Å². The van der Waals surface area contributed by atoms with E-state index >= 15 is 0 Å². The van der Waals surface area contributed by atoms with Crippen molar-refractivity contribution in [1.29, 1.82) is 0 Å². The summed E-state index contributed by atoms with van der Waals surface area (Å²) < 4.78 is 5.22. The highest BCUT2D eigenvalue weighted by Crippen LogP contribution is 2.22. The lowest BCUT2D eigenvalue weighted by atomic mass is 10.1. The second-order valence-corrected chi connectivity index (χ2v) is 5.49. The van der Waals surface area contributed by atoms with Gasteiger partial charge >= 0.3 is 0 Å². The highest BCUT2D eigenvalue weighted by atomic mass is 35.5. The fourth-order valence-corrected chi connectivity index (χ4v) is 2.34. The number of methoxy groups -OCH3 is 1. The molecule has 2 rings (SSSR count). The summed E-state index contributed by atoms with van der Waals surface area (Å²) in [4.78, 5) is 0. The molecule has 3 heteroatoms. The Morgan fingerprint density at radius 2 is 1.85 bits per heavy atom. The van der Waals surface area contributed by atoms with Crippen molar-refractivity contribution in [2.24, 2.45) is 0 Å². The molecule has 0 fully saturated rings. The summed E-state index contributed by atoms with van der Waals surface area (Å²) >= 11 is 5.90. The van der Waals surface area contributed by atoms with E-state index in [1.165, 1.54) is 11.1 Å². The molecule has 0 bridgehead atoms. The molecule has 0 radical (unpaired) electrons. The molecule has 106 valence electrons. The number of anilines is 1. The van der Waals surface area contributed by atoms with Crippen molar-refractivity contribution >= 4 is 17.3 Å². The van der Waals surface area contributed by atoms with Crippen molar-refractivity contribution in [3.63, 3.8) is 0 Å². The van der Waals surface area contributed by atoms with Gasteiger partial charge in [0.1, 0.15) is 5.75 Å². The molecule has 0 amide bonds. The third-order valence-corrected chi connectivity index (χ3v) is 3.54. The fourth-order valence-electron chi connectivity index (χ4n) is 2.22. The maximum absolute atomic E-state index is 5.90. The maximum atomic E-state index is 5.90. The van der Waals surface area contributed by atoms with Crippen LogP contribution in [0.5, 0.6) is 5.75 Å². The molecule has 1 unspecified atom stereocenters. The highest BCUT2D eigenvalue weighted by Gasteiger charge is 2.06. The predicted molar refractivity (Wildman–Crippen MR) is 86.0 cm³/mol. The number of rotatable bonds is 5. The SMILES string of the molecule is COc1ccc(NC(C)Cc2ccc(Cl)cc2)c(C)c1. The molecule has 0 spiro atoms. The first kappa shape index (κ1) is 14.7. The Bertz CT molecular complexity index is 566. The Kier molecular flexibility index (Phi) is 4.91. The predicted octanol–water partition coefficient (Wildman–Crippen LogP) is 4.70. The number of benzene rings is 2. The molecule has 0 saturated carbocycles. The zero-order valence-corrected chi connectivity index (χ0v) is 12.9. The quantitative estimate of drug-likeness (QED) is 0.861. The van der Waals surface area contributed by atoms with Gasteiger partial charge in [-0.3, -0.25) is 0 Å². The Labute approximate surface area is 125 Å². The topological polar surface area (TPSA) is 21.3 Å². The Hall–Kier alpha value is -1.67. The van der Waals surface area contributed by atoms with Gasteiger partial charge in [0.15, 0.2) is 0 Å². The Morgan fingerprint density at radius 1 is 1.15 bits per heavy atom. The third-order valence-electron chi connectivity index (χ3n) is 3.29. The van der Waals surface area contributed by atoms with Crippen LogP contribution in [0.3, 0.4) is 0 Å². The van der Waals surface area contributed by atoms with Gasteiger partial charge in [0.2, 0.25) is 0 Å². The molecule has 2 aromatic rings.